The minimum absolute atomic E-state index is 0.00161. The van der Waals surface area contributed by atoms with Gasteiger partial charge in [-0.2, -0.15) is 9.97 Å². The number of hydrogen-bond donors (Lipinski definition) is 3. The minimum atomic E-state index is -0.614. The summed E-state index contributed by atoms with van der Waals surface area (Å²) in [6, 6.07) is 15.6. The van der Waals surface area contributed by atoms with Gasteiger partial charge in [-0.1, -0.05) is 25.1 Å². The highest BCUT2D eigenvalue weighted by molar-refractivity contribution is 6.06. The Morgan fingerprint density at radius 3 is 2.39 bits per heavy atom. The molecule has 71 heavy (non-hydrogen) atoms. The van der Waals surface area contributed by atoms with Crippen LogP contribution in [0, 0.1) is 17.2 Å². The van der Waals surface area contributed by atoms with Crippen LogP contribution in [0.25, 0.3) is 32.9 Å². The lowest BCUT2D eigenvalue weighted by atomic mass is 9.78. The smallest absolute Gasteiger partial charge is 0.319 e. The van der Waals surface area contributed by atoms with Crippen molar-refractivity contribution in [3.8, 4) is 23.0 Å². The number of phenolic OH excluding ortho intramolecular Hbond substituents is 1. The number of amides is 3. The summed E-state index contributed by atoms with van der Waals surface area (Å²) < 4.78 is 23.8. The predicted molar refractivity (Wildman–Crippen MR) is 270 cm³/mol. The Labute approximate surface area is 414 Å². The van der Waals surface area contributed by atoms with Gasteiger partial charge in [0.15, 0.2) is 5.82 Å². The molecule has 7 aliphatic rings. The van der Waals surface area contributed by atoms with Gasteiger partial charge in [-0.25, -0.2) is 4.39 Å². The number of phenols is 1. The van der Waals surface area contributed by atoms with Crippen LogP contribution in [-0.4, -0.2) is 142 Å². The fourth-order valence-corrected chi connectivity index (χ4v) is 13.0. The van der Waals surface area contributed by atoms with Crippen LogP contribution in [0.4, 0.5) is 15.9 Å². The molecule has 3 aromatic carbocycles. The van der Waals surface area contributed by atoms with E-state index in [2.05, 4.69) is 57.1 Å². The molecule has 6 aliphatic heterocycles. The zero-order chi connectivity index (χ0) is 48.8. The number of nitrogens with one attached hydrogen (secondary N) is 2. The third kappa shape index (κ3) is 8.52. The molecule has 3 amide bonds. The van der Waals surface area contributed by atoms with Crippen LogP contribution in [0.5, 0.6) is 11.8 Å². The predicted octanol–water partition coefficient (Wildman–Crippen LogP) is 6.43. The van der Waals surface area contributed by atoms with Crippen LogP contribution in [0.15, 0.2) is 54.7 Å². The molecule has 6 fully saturated rings. The minimum Gasteiger partial charge on any atom is -0.508 e. The number of aryl methyl sites for hydroxylation is 1. The average Bonchev–Trinajstić information content (AvgIpc) is 3.95. The molecule has 3 unspecified atom stereocenters. The Hall–Kier alpha value is -5.97. The van der Waals surface area contributed by atoms with Gasteiger partial charge in [-0.05, 0) is 136 Å². The first-order valence-electron chi connectivity index (χ1n) is 26.1. The molecule has 0 spiro atoms. The van der Waals surface area contributed by atoms with Crippen LogP contribution < -0.4 is 25.2 Å². The molecule has 15 nitrogen and oxygen atoms in total. The summed E-state index contributed by atoms with van der Waals surface area (Å²) >= 11 is 0. The van der Waals surface area contributed by atoms with Gasteiger partial charge in [0.2, 0.25) is 11.8 Å². The number of fused-ring (bicyclic) bond motifs is 5. The standard InChI is InChI=1S/C55H65FN10O5/c1-4-33-6-5-7-34-25-40(67)26-42(46(33)34)48-47(56)49-43(27-57-48)50(64-29-37-8-9-38(30-64)58-37)61-53(60-49)71-32-55(16-17-55)31-62-18-14-36(15-19-62)54(2,3)65-22-20-63(21-23-65)39-10-11-41-35(24-39)28-66(52(41)70)44-12-13-45(68)59-51(44)69/h5-7,10-11,24-27,36-38,44,58,67H,4,8-9,12-23,28-32H2,1-3H3,(H,59,68,69). The van der Waals surface area contributed by atoms with Crippen molar-refractivity contribution in [1.82, 2.24) is 40.3 Å². The average molecular weight is 965 g/mol. The molecule has 8 heterocycles. The maximum atomic E-state index is 17.2. The first kappa shape index (κ1) is 46.1. The molecule has 3 N–H and O–H groups in total. The van der Waals surface area contributed by atoms with Crippen molar-refractivity contribution in [2.45, 2.75) is 109 Å². The van der Waals surface area contributed by atoms with E-state index in [1.54, 1.807) is 23.2 Å². The molecule has 1 saturated carbocycles. The Morgan fingerprint density at radius 2 is 1.66 bits per heavy atom. The third-order valence-electron chi connectivity index (χ3n) is 17.4. The van der Waals surface area contributed by atoms with Crippen molar-refractivity contribution in [2.75, 3.05) is 75.3 Å². The van der Waals surface area contributed by atoms with Crippen LogP contribution in [-0.2, 0) is 22.6 Å². The molecular weight excluding hydrogens is 900 g/mol. The van der Waals surface area contributed by atoms with Crippen molar-refractivity contribution in [3.05, 3.63) is 77.2 Å². The van der Waals surface area contributed by atoms with E-state index in [-0.39, 0.29) is 58.1 Å². The molecule has 5 saturated heterocycles. The summed E-state index contributed by atoms with van der Waals surface area (Å²) in [5.74, 6) is -0.0694. The fourth-order valence-electron chi connectivity index (χ4n) is 13.0. The number of nitrogens with zero attached hydrogens (tertiary/aromatic N) is 8. The number of pyridine rings is 1. The van der Waals surface area contributed by atoms with Gasteiger partial charge in [-0.3, -0.25) is 29.6 Å². The molecule has 0 radical (unpaired) electrons. The van der Waals surface area contributed by atoms with E-state index in [4.69, 9.17) is 19.7 Å². The third-order valence-corrected chi connectivity index (χ3v) is 17.4. The summed E-state index contributed by atoms with van der Waals surface area (Å²) in [6.07, 6.45) is 9.64. The summed E-state index contributed by atoms with van der Waals surface area (Å²) in [5.41, 5.74) is 4.66. The molecule has 16 heteroatoms. The summed E-state index contributed by atoms with van der Waals surface area (Å²) in [5, 5.41) is 19.2. The summed E-state index contributed by atoms with van der Waals surface area (Å²) in [7, 11) is 0. The molecule has 372 valence electrons. The van der Waals surface area contributed by atoms with Crippen LogP contribution in [0.1, 0.15) is 93.6 Å². The normalized spacial score (nSPS) is 24.0. The van der Waals surface area contributed by atoms with Crippen molar-refractivity contribution in [1.29, 1.82) is 0 Å². The molecule has 2 bridgehead atoms. The number of imide groups is 1. The maximum Gasteiger partial charge on any atom is 0.319 e. The lowest BCUT2D eigenvalue weighted by Gasteiger charge is -2.50. The molecule has 5 aromatic rings. The molecule has 12 rings (SSSR count). The Kier molecular flexibility index (Phi) is 11.7. The second kappa shape index (κ2) is 18.0. The molecule has 1 aliphatic carbocycles. The first-order chi connectivity index (χ1) is 34.3. The van der Waals surface area contributed by atoms with Crippen molar-refractivity contribution in [2.24, 2.45) is 11.3 Å². The summed E-state index contributed by atoms with van der Waals surface area (Å²) in [4.78, 5) is 63.8. The lowest BCUT2D eigenvalue weighted by Crippen LogP contribution is -2.59. The first-order valence-corrected chi connectivity index (χ1v) is 26.1. The quantitative estimate of drug-likeness (QED) is 0.118. The van der Waals surface area contributed by atoms with Crippen molar-refractivity contribution in [3.63, 3.8) is 0 Å². The van der Waals surface area contributed by atoms with E-state index < -0.39 is 11.9 Å². The number of aromatic hydroxyl groups is 1. The van der Waals surface area contributed by atoms with E-state index in [0.717, 1.165) is 131 Å². The van der Waals surface area contributed by atoms with Crippen LogP contribution >= 0.6 is 0 Å². The molecular formula is C55H65FN10O5. The van der Waals surface area contributed by atoms with E-state index >= 15 is 4.39 Å². The number of benzene rings is 3. The van der Waals surface area contributed by atoms with Gasteiger partial charge in [-0.15, -0.1) is 0 Å². The van der Waals surface area contributed by atoms with Crippen LogP contribution in [0.3, 0.4) is 0 Å². The van der Waals surface area contributed by atoms with Gasteiger partial charge >= 0.3 is 6.01 Å². The zero-order valence-electron chi connectivity index (χ0n) is 41.2. The topological polar surface area (TPSA) is 160 Å². The second-order valence-electron chi connectivity index (χ2n) is 22.1. The van der Waals surface area contributed by atoms with E-state index in [0.29, 0.717) is 59.9 Å². The Bertz CT molecular complexity index is 2930. The van der Waals surface area contributed by atoms with Gasteiger partial charge < -0.3 is 34.8 Å². The maximum absolute atomic E-state index is 17.2. The van der Waals surface area contributed by atoms with E-state index in [9.17, 15) is 19.5 Å². The highest BCUT2D eigenvalue weighted by atomic mass is 19.1. The highest BCUT2D eigenvalue weighted by Gasteiger charge is 2.47. The number of rotatable bonds is 12. The number of piperazine rings is 2. The van der Waals surface area contributed by atoms with E-state index in [1.807, 2.05) is 30.3 Å². The highest BCUT2D eigenvalue weighted by Crippen LogP contribution is 2.48. The van der Waals surface area contributed by atoms with Gasteiger partial charge in [0, 0.05) is 105 Å². The van der Waals surface area contributed by atoms with Gasteiger partial charge in [0.25, 0.3) is 5.91 Å². The number of piperidine rings is 2. The Balaban J connectivity index is 0.695. The number of carbonyl (C=O) groups is 3. The van der Waals surface area contributed by atoms with Crippen LogP contribution in [0.2, 0.25) is 0 Å². The monoisotopic (exact) mass is 965 g/mol. The molecule has 3 atom stereocenters. The van der Waals surface area contributed by atoms with Gasteiger partial charge in [0.05, 0.1) is 12.0 Å². The fraction of sp³-hybridized carbons (Fsp3) is 0.527. The lowest BCUT2D eigenvalue weighted by molar-refractivity contribution is -0.136. The number of likely N-dealkylation sites (tertiary alicyclic amines) is 1. The second-order valence-corrected chi connectivity index (χ2v) is 22.1. The number of aromatic nitrogens is 3. The SMILES string of the molecule is CCc1cccc2cc(O)cc(-c3ncc4c(N5CC6CCC(C5)N6)nc(OCC5(CN6CCC(C(C)(C)N7CCN(c8ccc9c(c8)CN(C8CCC(=O)NC8=O)C9=O)CC7)CC6)CC5)nc4c3F)c12. The number of carbonyl (C=O) groups excluding carboxylic acids is 3. The van der Waals surface area contributed by atoms with E-state index in [1.165, 1.54) is 0 Å². The zero-order valence-corrected chi connectivity index (χ0v) is 41.2. The summed E-state index contributed by atoms with van der Waals surface area (Å²) in [6.45, 7) is 16.0. The van der Waals surface area contributed by atoms with Gasteiger partial charge in [0.1, 0.15) is 28.8 Å². The largest absolute Gasteiger partial charge is 0.508 e. The Morgan fingerprint density at radius 1 is 0.887 bits per heavy atom. The number of halogens is 1. The number of ether oxygens (including phenoxy) is 1. The van der Waals surface area contributed by atoms with Crippen molar-refractivity contribution < 1.29 is 28.6 Å². The number of anilines is 2. The molecule has 2 aromatic heterocycles. The van der Waals surface area contributed by atoms with Crippen molar-refractivity contribution >= 4 is 50.9 Å². The number of hydrogen-bond acceptors (Lipinski definition) is 13.